The van der Waals surface area contributed by atoms with Crippen LogP contribution in [-0.4, -0.2) is 34.5 Å². The molecule has 0 saturated carbocycles. The van der Waals surface area contributed by atoms with Gasteiger partial charge in [0.2, 0.25) is 5.91 Å². The second-order valence-electron chi connectivity index (χ2n) is 4.95. The van der Waals surface area contributed by atoms with E-state index in [0.717, 1.165) is 39.0 Å². The number of hydrogen-bond acceptors (Lipinski definition) is 2. The molecule has 1 aromatic heterocycles. The Balaban J connectivity index is 1.77. The summed E-state index contributed by atoms with van der Waals surface area (Å²) >= 11 is 0. The van der Waals surface area contributed by atoms with Gasteiger partial charge in [0.05, 0.1) is 0 Å². The van der Waals surface area contributed by atoms with Crippen LogP contribution in [0, 0.1) is 0 Å². The minimum atomic E-state index is 0.202. The van der Waals surface area contributed by atoms with E-state index in [1.807, 2.05) is 4.90 Å². The summed E-state index contributed by atoms with van der Waals surface area (Å²) in [5.74, 6) is 0.202. The van der Waals surface area contributed by atoms with Crippen molar-refractivity contribution in [2.75, 3.05) is 13.1 Å². The molecular formula is C14H23N3O. The van der Waals surface area contributed by atoms with Crippen LogP contribution in [0.3, 0.4) is 0 Å². The predicted octanol–water partition coefficient (Wildman–Crippen LogP) is 1.61. The van der Waals surface area contributed by atoms with Gasteiger partial charge in [-0.15, -0.1) is 0 Å². The molecule has 100 valence electrons. The Kier molecular flexibility index (Phi) is 4.42. The number of aromatic nitrogens is 1. The second-order valence-corrected chi connectivity index (χ2v) is 4.95. The average molecular weight is 249 g/mol. The molecule has 1 saturated heterocycles. The number of carbonyl (C=O) groups excluding carboxylic acids is 1. The lowest BCUT2D eigenvalue weighted by atomic mass is 10.1. The van der Waals surface area contributed by atoms with Crippen LogP contribution < -0.4 is 5.32 Å². The van der Waals surface area contributed by atoms with Crippen molar-refractivity contribution in [3.8, 4) is 0 Å². The molecule has 1 amide bonds. The highest BCUT2D eigenvalue weighted by Crippen LogP contribution is 2.11. The molecule has 1 aromatic rings. The molecule has 18 heavy (non-hydrogen) atoms. The molecule has 0 aliphatic carbocycles. The van der Waals surface area contributed by atoms with E-state index in [1.54, 1.807) is 6.92 Å². The van der Waals surface area contributed by atoms with E-state index in [1.165, 1.54) is 5.69 Å². The third-order valence-corrected chi connectivity index (χ3v) is 3.78. The Bertz CT molecular complexity index is 391. The van der Waals surface area contributed by atoms with Crippen LogP contribution in [0.25, 0.3) is 0 Å². The Hall–Kier alpha value is -1.29. The van der Waals surface area contributed by atoms with Crippen LogP contribution in [0.2, 0.25) is 0 Å². The summed E-state index contributed by atoms with van der Waals surface area (Å²) in [6.07, 6.45) is 4.24. The summed E-state index contributed by atoms with van der Waals surface area (Å²) in [4.78, 5) is 13.2. The van der Waals surface area contributed by atoms with Gasteiger partial charge in [0.15, 0.2) is 0 Å². The van der Waals surface area contributed by atoms with E-state index in [4.69, 9.17) is 0 Å². The number of amides is 1. The van der Waals surface area contributed by atoms with E-state index in [0.29, 0.717) is 6.04 Å². The smallest absolute Gasteiger partial charge is 0.219 e. The van der Waals surface area contributed by atoms with Gasteiger partial charge < -0.3 is 14.8 Å². The van der Waals surface area contributed by atoms with E-state index in [9.17, 15) is 4.79 Å². The molecule has 0 bridgehead atoms. The van der Waals surface area contributed by atoms with Crippen LogP contribution in [0.15, 0.2) is 18.3 Å². The lowest BCUT2D eigenvalue weighted by Crippen LogP contribution is -2.44. The molecule has 1 aliphatic rings. The van der Waals surface area contributed by atoms with Crippen molar-refractivity contribution >= 4 is 5.91 Å². The average Bonchev–Trinajstić information content (AvgIpc) is 2.84. The zero-order chi connectivity index (χ0) is 13.0. The zero-order valence-corrected chi connectivity index (χ0v) is 11.4. The summed E-state index contributed by atoms with van der Waals surface area (Å²) < 4.78 is 2.26. The highest BCUT2D eigenvalue weighted by atomic mass is 16.2. The van der Waals surface area contributed by atoms with Crippen LogP contribution in [-0.2, 0) is 17.9 Å². The number of rotatable bonds is 4. The van der Waals surface area contributed by atoms with Crippen molar-refractivity contribution in [1.29, 1.82) is 0 Å². The molecule has 2 heterocycles. The van der Waals surface area contributed by atoms with Crippen LogP contribution >= 0.6 is 0 Å². The Morgan fingerprint density at radius 3 is 2.78 bits per heavy atom. The molecule has 0 radical (unpaired) electrons. The van der Waals surface area contributed by atoms with Gasteiger partial charge in [-0.2, -0.15) is 0 Å². The van der Waals surface area contributed by atoms with Crippen molar-refractivity contribution in [2.24, 2.45) is 0 Å². The van der Waals surface area contributed by atoms with Crippen LogP contribution in [0.1, 0.15) is 32.4 Å². The molecule has 2 rings (SSSR count). The number of hydrogen-bond donors (Lipinski definition) is 1. The van der Waals surface area contributed by atoms with E-state index in [2.05, 4.69) is 35.1 Å². The third kappa shape index (κ3) is 3.13. The van der Waals surface area contributed by atoms with Crippen LogP contribution in [0.5, 0.6) is 0 Å². The number of carbonyl (C=O) groups is 1. The van der Waals surface area contributed by atoms with Crippen molar-refractivity contribution in [2.45, 2.75) is 45.8 Å². The van der Waals surface area contributed by atoms with Gasteiger partial charge in [0.1, 0.15) is 0 Å². The minimum Gasteiger partial charge on any atom is -0.351 e. The minimum absolute atomic E-state index is 0.202. The van der Waals surface area contributed by atoms with Crippen molar-refractivity contribution in [3.63, 3.8) is 0 Å². The molecular weight excluding hydrogens is 226 g/mol. The van der Waals surface area contributed by atoms with Crippen molar-refractivity contribution < 1.29 is 4.79 Å². The topological polar surface area (TPSA) is 37.3 Å². The van der Waals surface area contributed by atoms with E-state index in [-0.39, 0.29) is 5.91 Å². The molecule has 1 N–H and O–H groups in total. The molecule has 0 unspecified atom stereocenters. The van der Waals surface area contributed by atoms with E-state index < -0.39 is 0 Å². The number of nitrogens with one attached hydrogen (secondary N) is 1. The summed E-state index contributed by atoms with van der Waals surface area (Å²) in [7, 11) is 0. The first-order valence-corrected chi connectivity index (χ1v) is 6.83. The molecule has 4 heteroatoms. The maximum absolute atomic E-state index is 11.2. The monoisotopic (exact) mass is 249 g/mol. The summed E-state index contributed by atoms with van der Waals surface area (Å²) in [6.45, 7) is 7.54. The van der Waals surface area contributed by atoms with Gasteiger partial charge in [-0.1, -0.05) is 0 Å². The maximum Gasteiger partial charge on any atom is 0.219 e. The van der Waals surface area contributed by atoms with Gasteiger partial charge in [-0.25, -0.2) is 0 Å². The van der Waals surface area contributed by atoms with E-state index >= 15 is 0 Å². The number of nitrogens with zero attached hydrogens (tertiary/aromatic N) is 2. The summed E-state index contributed by atoms with van der Waals surface area (Å²) in [6, 6.07) is 4.81. The van der Waals surface area contributed by atoms with Gasteiger partial charge in [0, 0.05) is 51.0 Å². The van der Waals surface area contributed by atoms with Crippen molar-refractivity contribution in [3.05, 3.63) is 24.0 Å². The number of likely N-dealkylation sites (tertiary alicyclic amines) is 1. The zero-order valence-electron chi connectivity index (χ0n) is 11.4. The first kappa shape index (κ1) is 13.1. The number of aryl methyl sites for hydroxylation is 1. The quantitative estimate of drug-likeness (QED) is 0.880. The molecule has 1 aliphatic heterocycles. The summed E-state index contributed by atoms with van der Waals surface area (Å²) in [5, 5.41) is 3.60. The maximum atomic E-state index is 11.2. The van der Waals surface area contributed by atoms with Gasteiger partial charge >= 0.3 is 0 Å². The van der Waals surface area contributed by atoms with Gasteiger partial charge in [-0.3, -0.25) is 4.79 Å². The first-order valence-electron chi connectivity index (χ1n) is 6.83. The molecule has 4 nitrogen and oxygen atoms in total. The fourth-order valence-electron chi connectivity index (χ4n) is 2.57. The lowest BCUT2D eigenvalue weighted by molar-refractivity contribution is -0.129. The van der Waals surface area contributed by atoms with Crippen LogP contribution in [0.4, 0.5) is 0 Å². The lowest BCUT2D eigenvalue weighted by Gasteiger charge is -2.31. The Morgan fingerprint density at radius 1 is 1.44 bits per heavy atom. The molecule has 0 atom stereocenters. The highest BCUT2D eigenvalue weighted by Gasteiger charge is 2.20. The number of piperidine rings is 1. The van der Waals surface area contributed by atoms with Crippen molar-refractivity contribution in [1.82, 2.24) is 14.8 Å². The first-order chi connectivity index (χ1) is 8.70. The van der Waals surface area contributed by atoms with Gasteiger partial charge in [0.25, 0.3) is 0 Å². The summed E-state index contributed by atoms with van der Waals surface area (Å²) in [5.41, 5.74) is 1.34. The molecule has 0 aromatic carbocycles. The van der Waals surface area contributed by atoms with Gasteiger partial charge in [-0.05, 0) is 31.9 Å². The Morgan fingerprint density at radius 2 is 2.17 bits per heavy atom. The molecule has 0 spiro atoms. The Labute approximate surface area is 109 Å². The second kappa shape index (κ2) is 6.05. The highest BCUT2D eigenvalue weighted by molar-refractivity contribution is 5.73. The fourth-order valence-corrected chi connectivity index (χ4v) is 2.57. The predicted molar refractivity (Wildman–Crippen MR) is 72.2 cm³/mol. The molecule has 1 fully saturated rings. The normalized spacial score (nSPS) is 17.1. The fraction of sp³-hybridized carbons (Fsp3) is 0.643. The SMILES string of the molecule is CCn1cccc1CNC1CCN(C(C)=O)CC1. The standard InChI is InChI=1S/C14H23N3O/c1-3-16-8-4-5-14(16)11-15-13-6-9-17(10-7-13)12(2)18/h4-5,8,13,15H,3,6-7,9-11H2,1-2H3. The third-order valence-electron chi connectivity index (χ3n) is 3.78. The largest absolute Gasteiger partial charge is 0.351 e.